The molecule has 5 heteroatoms. The van der Waals surface area contributed by atoms with Crippen LogP contribution >= 0.6 is 0 Å². The average molecular weight is 192 g/mol. The van der Waals surface area contributed by atoms with Gasteiger partial charge in [0.2, 0.25) is 0 Å². The van der Waals surface area contributed by atoms with E-state index in [1.165, 1.54) is 0 Å². The third-order valence-corrected chi connectivity index (χ3v) is 1.67. The van der Waals surface area contributed by atoms with E-state index in [1.807, 2.05) is 13.8 Å². The maximum absolute atomic E-state index is 10.2. The molecule has 0 aromatic rings. The fourth-order valence-electron chi connectivity index (χ4n) is 0.497. The topological polar surface area (TPSA) is 110 Å². The molecule has 0 saturated heterocycles. The van der Waals surface area contributed by atoms with E-state index in [4.69, 9.17) is 21.7 Å². The van der Waals surface area contributed by atoms with Crippen LogP contribution in [0, 0.1) is 5.92 Å². The molecule has 0 bridgehead atoms. The fourth-order valence-corrected chi connectivity index (χ4v) is 0.497. The summed E-state index contributed by atoms with van der Waals surface area (Å²) in [4.78, 5) is 10.2. The van der Waals surface area contributed by atoms with Gasteiger partial charge >= 0.3 is 5.97 Å². The van der Waals surface area contributed by atoms with E-state index < -0.39 is 12.0 Å². The monoisotopic (exact) mass is 192 g/mol. The largest absolute Gasteiger partial charge is 0.480 e. The molecule has 2 atom stereocenters. The van der Waals surface area contributed by atoms with Crippen molar-refractivity contribution in [1.82, 2.24) is 0 Å². The van der Waals surface area contributed by atoms with Crippen LogP contribution in [0.4, 0.5) is 0 Å². The van der Waals surface area contributed by atoms with Gasteiger partial charge in [0.15, 0.2) is 0 Å². The van der Waals surface area contributed by atoms with Crippen molar-refractivity contribution in [2.45, 2.75) is 26.3 Å². The van der Waals surface area contributed by atoms with Gasteiger partial charge in [0.1, 0.15) is 6.04 Å². The number of hydrogen-bond donors (Lipinski definition) is 4. The van der Waals surface area contributed by atoms with Crippen molar-refractivity contribution < 1.29 is 15.0 Å². The van der Waals surface area contributed by atoms with Crippen LogP contribution in [0.3, 0.4) is 0 Å². The minimum atomic E-state index is -0.913. The molecule has 0 rings (SSSR count). The van der Waals surface area contributed by atoms with Gasteiger partial charge < -0.3 is 21.7 Å². The number of aliphatic hydroxyl groups excluding tert-OH is 1. The molecule has 80 valence electrons. The zero-order valence-electron chi connectivity index (χ0n) is 8.23. The van der Waals surface area contributed by atoms with Crippen molar-refractivity contribution in [3.8, 4) is 0 Å². The number of aliphatic hydroxyl groups is 1. The lowest BCUT2D eigenvalue weighted by molar-refractivity contribution is -0.139. The molecule has 6 N–H and O–H groups in total. The number of carbonyl (C=O) groups is 1. The Labute approximate surface area is 78.7 Å². The molecule has 0 spiro atoms. The van der Waals surface area contributed by atoms with Gasteiger partial charge in [-0.3, -0.25) is 4.79 Å². The molecule has 0 unspecified atom stereocenters. The Balaban J connectivity index is 0. The van der Waals surface area contributed by atoms with Gasteiger partial charge in [-0.15, -0.1) is 0 Å². The first-order valence-corrected chi connectivity index (χ1v) is 4.30. The lowest BCUT2D eigenvalue weighted by Crippen LogP contribution is -2.36. The Morgan fingerprint density at radius 2 is 1.92 bits per heavy atom. The molecule has 5 nitrogen and oxygen atoms in total. The molecular formula is C8H20N2O3. The summed E-state index contributed by atoms with van der Waals surface area (Å²) >= 11 is 0. The summed E-state index contributed by atoms with van der Waals surface area (Å²) in [7, 11) is 0. The summed E-state index contributed by atoms with van der Waals surface area (Å²) in [5, 5.41) is 16.1. The Kier molecular flexibility index (Phi) is 10.8. The first-order chi connectivity index (χ1) is 6.01. The molecule has 0 fully saturated rings. The SMILES string of the molecule is CC[C@H](C)[C@H](N)C(=O)O.NCCO. The predicted molar refractivity (Wildman–Crippen MR) is 51.2 cm³/mol. The van der Waals surface area contributed by atoms with Gasteiger partial charge in [-0.05, 0) is 5.92 Å². The first-order valence-electron chi connectivity index (χ1n) is 4.30. The Bertz CT molecular complexity index is 129. The molecule has 0 radical (unpaired) electrons. The van der Waals surface area contributed by atoms with E-state index in [0.717, 1.165) is 6.42 Å². The van der Waals surface area contributed by atoms with Crippen LogP contribution in [0.15, 0.2) is 0 Å². The average Bonchev–Trinajstić information content (AvgIpc) is 2.15. The van der Waals surface area contributed by atoms with Gasteiger partial charge in [0.05, 0.1) is 6.61 Å². The molecule has 0 aliphatic heterocycles. The Hall–Kier alpha value is -0.650. The first kappa shape index (κ1) is 14.9. The molecule has 0 aromatic heterocycles. The quantitative estimate of drug-likeness (QED) is 0.474. The number of nitrogens with two attached hydrogens (primary N) is 2. The number of carboxylic acids is 1. The van der Waals surface area contributed by atoms with E-state index in [0.29, 0.717) is 6.54 Å². The van der Waals surface area contributed by atoms with Crippen LogP contribution < -0.4 is 11.5 Å². The summed E-state index contributed by atoms with van der Waals surface area (Å²) < 4.78 is 0. The summed E-state index contributed by atoms with van der Waals surface area (Å²) in [6.45, 7) is 4.23. The number of rotatable bonds is 4. The fraction of sp³-hybridized carbons (Fsp3) is 0.875. The van der Waals surface area contributed by atoms with Crippen molar-refractivity contribution in [3.63, 3.8) is 0 Å². The third-order valence-electron chi connectivity index (χ3n) is 1.67. The van der Waals surface area contributed by atoms with Crippen molar-refractivity contribution >= 4 is 5.97 Å². The zero-order chi connectivity index (χ0) is 10.9. The molecule has 0 aliphatic carbocycles. The van der Waals surface area contributed by atoms with Gasteiger partial charge in [-0.2, -0.15) is 0 Å². The lowest BCUT2D eigenvalue weighted by atomic mass is 10.0. The van der Waals surface area contributed by atoms with E-state index in [1.54, 1.807) is 0 Å². The van der Waals surface area contributed by atoms with E-state index in [9.17, 15) is 4.79 Å². The molecule has 0 saturated carbocycles. The van der Waals surface area contributed by atoms with Gasteiger partial charge in [-0.1, -0.05) is 20.3 Å². The second-order valence-electron chi connectivity index (χ2n) is 2.76. The maximum atomic E-state index is 10.2. The summed E-state index contributed by atoms with van der Waals surface area (Å²) in [5.41, 5.74) is 10.0. The van der Waals surface area contributed by atoms with Crippen LogP contribution in [-0.4, -0.2) is 35.4 Å². The van der Waals surface area contributed by atoms with Crippen LogP contribution in [0.1, 0.15) is 20.3 Å². The van der Waals surface area contributed by atoms with Gasteiger partial charge in [0, 0.05) is 6.54 Å². The molecule has 13 heavy (non-hydrogen) atoms. The second kappa shape index (κ2) is 9.44. The summed E-state index contributed by atoms with van der Waals surface area (Å²) in [5.74, 6) is -0.841. The van der Waals surface area contributed by atoms with Crippen LogP contribution in [-0.2, 0) is 4.79 Å². The summed E-state index contributed by atoms with van der Waals surface area (Å²) in [6.07, 6.45) is 0.813. The van der Waals surface area contributed by atoms with Crippen LogP contribution in [0.25, 0.3) is 0 Å². The maximum Gasteiger partial charge on any atom is 0.320 e. The molecule has 0 aliphatic rings. The van der Waals surface area contributed by atoms with Crippen molar-refractivity contribution in [2.24, 2.45) is 17.4 Å². The van der Waals surface area contributed by atoms with Crippen LogP contribution in [0.5, 0.6) is 0 Å². The van der Waals surface area contributed by atoms with E-state index >= 15 is 0 Å². The zero-order valence-corrected chi connectivity index (χ0v) is 8.23. The number of hydrogen-bond acceptors (Lipinski definition) is 4. The Morgan fingerprint density at radius 3 is 2.00 bits per heavy atom. The molecule has 0 amide bonds. The second-order valence-corrected chi connectivity index (χ2v) is 2.76. The van der Waals surface area contributed by atoms with Gasteiger partial charge in [0.25, 0.3) is 0 Å². The molecule has 0 heterocycles. The van der Waals surface area contributed by atoms with Crippen LogP contribution in [0.2, 0.25) is 0 Å². The van der Waals surface area contributed by atoms with Crippen molar-refractivity contribution in [1.29, 1.82) is 0 Å². The smallest absolute Gasteiger partial charge is 0.320 e. The molecule has 0 aromatic carbocycles. The summed E-state index contributed by atoms with van der Waals surface area (Å²) in [6, 6.07) is -0.699. The molecular weight excluding hydrogens is 172 g/mol. The highest BCUT2D eigenvalue weighted by Gasteiger charge is 2.17. The minimum absolute atomic E-state index is 0.0718. The van der Waals surface area contributed by atoms with E-state index in [2.05, 4.69) is 0 Å². The highest BCUT2D eigenvalue weighted by atomic mass is 16.4. The van der Waals surface area contributed by atoms with Crippen molar-refractivity contribution in [2.75, 3.05) is 13.2 Å². The highest BCUT2D eigenvalue weighted by molar-refractivity contribution is 5.73. The number of aliphatic carboxylic acids is 1. The standard InChI is InChI=1S/C6H13NO2.C2H7NO/c1-3-4(2)5(7)6(8)9;3-1-2-4/h4-5H,3,7H2,1-2H3,(H,8,9);4H,1-3H2/t4-,5-;/m0./s1. The Morgan fingerprint density at radius 1 is 1.54 bits per heavy atom. The van der Waals surface area contributed by atoms with Gasteiger partial charge in [-0.25, -0.2) is 0 Å². The van der Waals surface area contributed by atoms with Crippen molar-refractivity contribution in [3.05, 3.63) is 0 Å². The minimum Gasteiger partial charge on any atom is -0.480 e. The highest BCUT2D eigenvalue weighted by Crippen LogP contribution is 2.04. The van der Waals surface area contributed by atoms with E-state index in [-0.39, 0.29) is 12.5 Å². The normalized spacial score (nSPS) is 13.9. The third kappa shape index (κ3) is 9.26. The lowest BCUT2D eigenvalue weighted by Gasteiger charge is -2.11. The number of carboxylic acid groups (broad SMARTS) is 1. The predicted octanol–water partition coefficient (Wildman–Crippen LogP) is -0.618.